The third-order valence-electron chi connectivity index (χ3n) is 4.23. The summed E-state index contributed by atoms with van der Waals surface area (Å²) in [6.45, 7) is 0. The predicted molar refractivity (Wildman–Crippen MR) is 72.4 cm³/mol. The van der Waals surface area contributed by atoms with Crippen LogP contribution in [0.25, 0.3) is 0 Å². The van der Waals surface area contributed by atoms with Crippen molar-refractivity contribution in [1.29, 1.82) is 0 Å². The van der Waals surface area contributed by atoms with E-state index in [2.05, 4.69) is 11.4 Å². The molecule has 1 aromatic rings. The summed E-state index contributed by atoms with van der Waals surface area (Å²) in [5.74, 6) is -1.21. The number of rotatable bonds is 2. The largest absolute Gasteiger partial charge is 0.419 e. The predicted octanol–water partition coefficient (Wildman–Crippen LogP) is 4.23. The van der Waals surface area contributed by atoms with Gasteiger partial charge in [-0.2, -0.15) is 13.2 Å². The Hall–Kier alpha value is -1.36. The third kappa shape index (κ3) is 3.28. The number of hydrogen-bond acceptors (Lipinski definition) is 1. The maximum Gasteiger partial charge on any atom is 0.419 e. The summed E-state index contributed by atoms with van der Waals surface area (Å²) in [7, 11) is 0. The Bertz CT molecular complexity index is 562. The van der Waals surface area contributed by atoms with E-state index in [9.17, 15) is 17.6 Å². The number of alkyl halides is 3. The van der Waals surface area contributed by atoms with Crippen molar-refractivity contribution >= 4 is 0 Å². The van der Waals surface area contributed by atoms with Crippen LogP contribution in [0.1, 0.15) is 36.8 Å². The van der Waals surface area contributed by atoms with Gasteiger partial charge in [0.05, 0.1) is 5.56 Å². The van der Waals surface area contributed by atoms with E-state index in [1.807, 2.05) is 0 Å². The molecule has 2 aliphatic rings. The lowest BCUT2D eigenvalue weighted by Crippen LogP contribution is -2.44. The fourth-order valence-electron chi connectivity index (χ4n) is 3.31. The lowest BCUT2D eigenvalue weighted by molar-refractivity contribution is -0.140. The zero-order valence-corrected chi connectivity index (χ0v) is 11.5. The minimum atomic E-state index is -4.64. The molecule has 0 spiro atoms. The highest BCUT2D eigenvalue weighted by Crippen LogP contribution is 2.33. The zero-order valence-electron chi connectivity index (χ0n) is 11.5. The Morgan fingerprint density at radius 2 is 2.00 bits per heavy atom. The molecule has 1 saturated heterocycles. The minimum Gasteiger partial charge on any atom is -0.307 e. The second kappa shape index (κ2) is 5.44. The molecule has 1 fully saturated rings. The number of benzene rings is 1. The molecule has 114 valence electrons. The molecule has 1 aromatic carbocycles. The number of nitrogens with one attached hydrogen (secondary N) is 1. The van der Waals surface area contributed by atoms with Crippen molar-refractivity contribution < 1.29 is 17.6 Å². The summed E-state index contributed by atoms with van der Waals surface area (Å²) >= 11 is 0. The first kappa shape index (κ1) is 14.6. The standard InChI is InChI=1S/C16H17F4N/c17-15-5-4-10(9-14(15)16(18,19)20)6-11-7-12-2-1-3-13(8-11)21-12/h4-5,7,9,12-13,21H,1-3,6,8H2. The molecule has 1 N–H and O–H groups in total. The Morgan fingerprint density at radius 1 is 1.19 bits per heavy atom. The van der Waals surface area contributed by atoms with Crippen molar-refractivity contribution in [1.82, 2.24) is 5.32 Å². The van der Waals surface area contributed by atoms with Crippen molar-refractivity contribution in [2.75, 3.05) is 0 Å². The molecule has 1 nitrogen and oxygen atoms in total. The van der Waals surface area contributed by atoms with Gasteiger partial charge in [0.25, 0.3) is 0 Å². The molecule has 5 heteroatoms. The minimum absolute atomic E-state index is 0.343. The van der Waals surface area contributed by atoms with Crippen molar-refractivity contribution in [3.8, 4) is 0 Å². The van der Waals surface area contributed by atoms with Gasteiger partial charge in [0.2, 0.25) is 0 Å². The van der Waals surface area contributed by atoms with E-state index < -0.39 is 17.6 Å². The van der Waals surface area contributed by atoms with Crippen LogP contribution in [-0.4, -0.2) is 12.1 Å². The van der Waals surface area contributed by atoms with E-state index in [-0.39, 0.29) is 0 Å². The van der Waals surface area contributed by atoms with Gasteiger partial charge < -0.3 is 5.32 Å². The molecular formula is C16H17F4N. The van der Waals surface area contributed by atoms with E-state index >= 15 is 0 Å². The van der Waals surface area contributed by atoms with Gasteiger partial charge in [0.1, 0.15) is 5.82 Å². The van der Waals surface area contributed by atoms with E-state index in [1.54, 1.807) is 0 Å². The van der Waals surface area contributed by atoms with Gasteiger partial charge in [-0.05, 0) is 43.4 Å². The lowest BCUT2D eigenvalue weighted by Gasteiger charge is -2.35. The maximum absolute atomic E-state index is 13.3. The molecule has 0 aliphatic carbocycles. The molecule has 0 amide bonds. The first-order chi connectivity index (χ1) is 9.91. The van der Waals surface area contributed by atoms with Crippen LogP contribution in [0.4, 0.5) is 17.6 Å². The number of fused-ring (bicyclic) bond motifs is 2. The fraction of sp³-hybridized carbons (Fsp3) is 0.500. The van der Waals surface area contributed by atoms with Crippen LogP contribution in [0.3, 0.4) is 0 Å². The molecule has 3 rings (SSSR count). The van der Waals surface area contributed by atoms with Crippen LogP contribution in [-0.2, 0) is 12.6 Å². The van der Waals surface area contributed by atoms with Crippen LogP contribution in [0.2, 0.25) is 0 Å². The SMILES string of the molecule is Fc1ccc(CC2=CC3CCCC(C2)N3)cc1C(F)(F)F. The zero-order chi connectivity index (χ0) is 15.0. The average Bonchev–Trinajstić information content (AvgIpc) is 2.39. The smallest absolute Gasteiger partial charge is 0.307 e. The highest BCUT2D eigenvalue weighted by atomic mass is 19.4. The molecule has 0 saturated carbocycles. The number of hydrogen-bond donors (Lipinski definition) is 1. The van der Waals surface area contributed by atoms with Gasteiger partial charge in [-0.1, -0.05) is 24.1 Å². The highest BCUT2D eigenvalue weighted by molar-refractivity contribution is 5.31. The van der Waals surface area contributed by atoms with Crippen LogP contribution >= 0.6 is 0 Å². The second-order valence-corrected chi connectivity index (χ2v) is 5.92. The Labute approximate surface area is 121 Å². The fourth-order valence-corrected chi connectivity index (χ4v) is 3.31. The van der Waals surface area contributed by atoms with Crippen molar-refractivity contribution in [2.24, 2.45) is 0 Å². The lowest BCUT2D eigenvalue weighted by atomic mass is 9.85. The molecule has 2 heterocycles. The maximum atomic E-state index is 13.3. The molecule has 0 aromatic heterocycles. The molecule has 2 aliphatic heterocycles. The summed E-state index contributed by atoms with van der Waals surface area (Å²) in [4.78, 5) is 0. The topological polar surface area (TPSA) is 12.0 Å². The summed E-state index contributed by atoms with van der Waals surface area (Å²) in [5.41, 5.74) is 0.507. The molecule has 2 atom stereocenters. The molecule has 0 radical (unpaired) electrons. The van der Waals surface area contributed by atoms with E-state index in [0.717, 1.165) is 37.0 Å². The van der Waals surface area contributed by atoms with Crippen LogP contribution in [0, 0.1) is 5.82 Å². The van der Waals surface area contributed by atoms with Crippen LogP contribution in [0.15, 0.2) is 29.8 Å². The van der Waals surface area contributed by atoms with Crippen molar-refractivity contribution in [3.63, 3.8) is 0 Å². The first-order valence-electron chi connectivity index (χ1n) is 7.23. The Morgan fingerprint density at radius 3 is 2.71 bits per heavy atom. The summed E-state index contributed by atoms with van der Waals surface area (Å²) in [5, 5.41) is 3.50. The third-order valence-corrected chi connectivity index (χ3v) is 4.23. The van der Waals surface area contributed by atoms with Crippen molar-refractivity contribution in [2.45, 2.75) is 50.4 Å². The molecule has 2 bridgehead atoms. The molecule has 2 unspecified atom stereocenters. The second-order valence-electron chi connectivity index (χ2n) is 5.92. The van der Waals surface area contributed by atoms with Gasteiger partial charge in [0, 0.05) is 12.1 Å². The van der Waals surface area contributed by atoms with Gasteiger partial charge >= 0.3 is 6.18 Å². The van der Waals surface area contributed by atoms with E-state index in [4.69, 9.17) is 0 Å². The highest BCUT2D eigenvalue weighted by Gasteiger charge is 2.34. The Balaban J connectivity index is 1.81. The van der Waals surface area contributed by atoms with Gasteiger partial charge in [-0.25, -0.2) is 4.39 Å². The van der Waals surface area contributed by atoms with Gasteiger partial charge in [0.15, 0.2) is 0 Å². The summed E-state index contributed by atoms with van der Waals surface area (Å²) in [6, 6.07) is 4.08. The first-order valence-corrected chi connectivity index (χ1v) is 7.23. The van der Waals surface area contributed by atoms with Gasteiger partial charge in [-0.15, -0.1) is 0 Å². The quantitative estimate of drug-likeness (QED) is 0.636. The molecule has 21 heavy (non-hydrogen) atoms. The normalized spacial score (nSPS) is 25.6. The molecular weight excluding hydrogens is 282 g/mol. The summed E-state index contributed by atoms with van der Waals surface area (Å²) < 4.78 is 51.5. The number of halogens is 4. The Kier molecular flexibility index (Phi) is 3.78. The van der Waals surface area contributed by atoms with Gasteiger partial charge in [-0.3, -0.25) is 0 Å². The van der Waals surface area contributed by atoms with E-state index in [1.165, 1.54) is 12.5 Å². The van der Waals surface area contributed by atoms with E-state index in [0.29, 0.717) is 24.1 Å². The van der Waals surface area contributed by atoms with Crippen LogP contribution in [0.5, 0.6) is 0 Å². The number of piperidine rings is 1. The average molecular weight is 299 g/mol. The van der Waals surface area contributed by atoms with Crippen LogP contribution < -0.4 is 5.32 Å². The van der Waals surface area contributed by atoms with Crippen molar-refractivity contribution in [3.05, 3.63) is 46.8 Å². The monoisotopic (exact) mass is 299 g/mol. The summed E-state index contributed by atoms with van der Waals surface area (Å²) in [6.07, 6.45) is 2.22.